The van der Waals surface area contributed by atoms with Crippen LogP contribution in [0.25, 0.3) is 22.4 Å². The fraction of sp³-hybridized carbons (Fsp3) is 0.238. The second-order valence-electron chi connectivity index (χ2n) is 6.43. The molecule has 134 valence electrons. The van der Waals surface area contributed by atoms with Gasteiger partial charge in [-0.2, -0.15) is 0 Å². The van der Waals surface area contributed by atoms with E-state index in [-0.39, 0.29) is 0 Å². The van der Waals surface area contributed by atoms with Crippen LogP contribution in [-0.4, -0.2) is 15.9 Å². The van der Waals surface area contributed by atoms with Crippen LogP contribution in [0.1, 0.15) is 42.1 Å². The van der Waals surface area contributed by atoms with Crippen molar-refractivity contribution < 1.29 is 4.79 Å². The van der Waals surface area contributed by atoms with Crippen molar-refractivity contribution in [3.8, 4) is 22.4 Å². The Balaban J connectivity index is 2.10. The number of aromatic amines is 1. The van der Waals surface area contributed by atoms with Gasteiger partial charge in [0.2, 0.25) is 5.91 Å². The van der Waals surface area contributed by atoms with Crippen LogP contribution in [0.3, 0.4) is 0 Å². The molecule has 0 aliphatic heterocycles. The second kappa shape index (κ2) is 7.87. The Morgan fingerprint density at radius 2 is 1.85 bits per heavy atom. The quantitative estimate of drug-likeness (QED) is 0.559. The van der Waals surface area contributed by atoms with Crippen LogP contribution in [0, 0.1) is 0 Å². The number of nitrogens with zero attached hydrogens (tertiary/aromatic N) is 1. The number of aryl methyl sites for hydroxylation is 1. The van der Waals surface area contributed by atoms with Crippen LogP contribution in [-0.2, 0) is 6.42 Å². The first-order chi connectivity index (χ1) is 12.6. The van der Waals surface area contributed by atoms with Gasteiger partial charge in [0.1, 0.15) is 0 Å². The van der Waals surface area contributed by atoms with Crippen molar-refractivity contribution in [3.05, 3.63) is 59.8 Å². The summed E-state index contributed by atoms with van der Waals surface area (Å²) in [5.41, 5.74) is 16.6. The maximum Gasteiger partial charge on any atom is 0.249 e. The number of anilines is 1. The summed E-state index contributed by atoms with van der Waals surface area (Å²) in [7, 11) is 0. The van der Waals surface area contributed by atoms with Crippen molar-refractivity contribution in [1.82, 2.24) is 9.97 Å². The highest BCUT2D eigenvalue weighted by Gasteiger charge is 2.15. The van der Waals surface area contributed by atoms with E-state index < -0.39 is 5.91 Å². The van der Waals surface area contributed by atoms with E-state index >= 15 is 0 Å². The zero-order chi connectivity index (χ0) is 18.5. The molecule has 5 N–H and O–H groups in total. The van der Waals surface area contributed by atoms with E-state index in [0.717, 1.165) is 35.2 Å². The molecule has 5 heteroatoms. The number of amides is 1. The zero-order valence-electron chi connectivity index (χ0n) is 15.0. The smallest absolute Gasteiger partial charge is 0.249 e. The van der Waals surface area contributed by atoms with Gasteiger partial charge in [-0.15, -0.1) is 0 Å². The Bertz CT molecular complexity index is 914. The molecule has 2 aromatic carbocycles. The lowest BCUT2D eigenvalue weighted by molar-refractivity contribution is 0.100. The summed E-state index contributed by atoms with van der Waals surface area (Å²) in [6.45, 7) is 2.19. The lowest BCUT2D eigenvalue weighted by atomic mass is 9.91. The number of hydrogen-bond donors (Lipinski definition) is 3. The van der Waals surface area contributed by atoms with E-state index in [9.17, 15) is 4.79 Å². The number of primary amides is 1. The first-order valence-corrected chi connectivity index (χ1v) is 8.93. The first-order valence-electron chi connectivity index (χ1n) is 8.93. The molecule has 3 aromatic rings. The number of nitrogen functional groups attached to an aromatic ring is 1. The van der Waals surface area contributed by atoms with Crippen LogP contribution < -0.4 is 11.5 Å². The molecule has 0 unspecified atom stereocenters. The standard InChI is InChI=1S/C21H24N4O/c1-2-3-4-7-14-10-11-17(20(22)26)18(12-14)15-8-5-6-9-16(15)19-13-24-21(23)25-19/h5-6,8-13H,2-4,7H2,1H3,(H2,22,26)(H3,23,24,25). The maximum atomic E-state index is 12.0. The van der Waals surface area contributed by atoms with Crippen molar-refractivity contribution in [1.29, 1.82) is 0 Å². The van der Waals surface area contributed by atoms with Gasteiger partial charge in [0, 0.05) is 11.1 Å². The topological polar surface area (TPSA) is 97.8 Å². The molecule has 0 aliphatic carbocycles. The highest BCUT2D eigenvalue weighted by Crippen LogP contribution is 2.34. The number of unbranched alkanes of at least 4 members (excludes halogenated alkanes) is 2. The number of carbonyl (C=O) groups is 1. The Morgan fingerprint density at radius 1 is 1.08 bits per heavy atom. The summed E-state index contributed by atoms with van der Waals surface area (Å²) in [4.78, 5) is 19.1. The summed E-state index contributed by atoms with van der Waals surface area (Å²) in [6.07, 6.45) is 6.18. The van der Waals surface area contributed by atoms with E-state index in [1.807, 2.05) is 36.4 Å². The van der Waals surface area contributed by atoms with Crippen LogP contribution in [0.5, 0.6) is 0 Å². The van der Waals surface area contributed by atoms with Gasteiger partial charge in [-0.25, -0.2) is 4.98 Å². The van der Waals surface area contributed by atoms with Gasteiger partial charge < -0.3 is 16.5 Å². The minimum atomic E-state index is -0.431. The summed E-state index contributed by atoms with van der Waals surface area (Å²) in [5, 5.41) is 0. The average molecular weight is 348 g/mol. The van der Waals surface area contributed by atoms with Gasteiger partial charge >= 0.3 is 0 Å². The highest BCUT2D eigenvalue weighted by atomic mass is 16.1. The number of nitrogens with one attached hydrogen (secondary N) is 1. The van der Waals surface area contributed by atoms with Crippen molar-refractivity contribution in [3.63, 3.8) is 0 Å². The molecule has 0 atom stereocenters. The molecule has 1 heterocycles. The molecule has 0 bridgehead atoms. The minimum Gasteiger partial charge on any atom is -0.369 e. The first kappa shape index (κ1) is 17.7. The van der Waals surface area contributed by atoms with Crippen LogP contribution in [0.4, 0.5) is 5.95 Å². The molecular weight excluding hydrogens is 324 g/mol. The van der Waals surface area contributed by atoms with Gasteiger partial charge in [-0.05, 0) is 35.6 Å². The average Bonchev–Trinajstić information content (AvgIpc) is 3.08. The molecule has 0 saturated carbocycles. The van der Waals surface area contributed by atoms with Crippen LogP contribution in [0.15, 0.2) is 48.7 Å². The van der Waals surface area contributed by atoms with E-state index in [1.54, 1.807) is 6.20 Å². The lowest BCUT2D eigenvalue weighted by Gasteiger charge is -2.13. The van der Waals surface area contributed by atoms with E-state index in [2.05, 4.69) is 23.0 Å². The number of aromatic nitrogens is 2. The number of H-pyrrole nitrogens is 1. The van der Waals surface area contributed by atoms with Crippen LogP contribution in [0.2, 0.25) is 0 Å². The number of carbonyl (C=O) groups excluding carboxylic acids is 1. The van der Waals surface area contributed by atoms with Gasteiger partial charge in [0.15, 0.2) is 5.95 Å². The normalized spacial score (nSPS) is 10.8. The predicted octanol–water partition coefficient (Wildman–Crippen LogP) is 4.16. The highest BCUT2D eigenvalue weighted by molar-refractivity contribution is 6.02. The molecular formula is C21H24N4O. The largest absolute Gasteiger partial charge is 0.369 e. The van der Waals surface area contributed by atoms with E-state index in [1.165, 1.54) is 18.4 Å². The van der Waals surface area contributed by atoms with E-state index in [4.69, 9.17) is 11.5 Å². The van der Waals surface area contributed by atoms with Gasteiger partial charge in [0.25, 0.3) is 0 Å². The van der Waals surface area contributed by atoms with Gasteiger partial charge in [-0.1, -0.05) is 56.2 Å². The molecule has 0 spiro atoms. The number of hydrogen-bond acceptors (Lipinski definition) is 3. The van der Waals surface area contributed by atoms with Crippen molar-refractivity contribution in [2.45, 2.75) is 32.6 Å². The van der Waals surface area contributed by atoms with Gasteiger partial charge in [-0.3, -0.25) is 4.79 Å². The predicted molar refractivity (Wildman–Crippen MR) is 106 cm³/mol. The zero-order valence-corrected chi connectivity index (χ0v) is 15.0. The Kier molecular flexibility index (Phi) is 5.37. The van der Waals surface area contributed by atoms with Crippen LogP contribution >= 0.6 is 0 Å². The van der Waals surface area contributed by atoms with Crippen molar-refractivity contribution >= 4 is 11.9 Å². The molecule has 0 aliphatic rings. The summed E-state index contributed by atoms with van der Waals surface area (Å²) in [5.74, 6) is -0.0720. The second-order valence-corrected chi connectivity index (χ2v) is 6.43. The fourth-order valence-corrected chi connectivity index (χ4v) is 3.19. The molecule has 1 aromatic heterocycles. The fourth-order valence-electron chi connectivity index (χ4n) is 3.19. The molecule has 5 nitrogen and oxygen atoms in total. The van der Waals surface area contributed by atoms with E-state index in [0.29, 0.717) is 11.5 Å². The number of nitrogens with two attached hydrogens (primary N) is 2. The Labute approximate surface area is 153 Å². The van der Waals surface area contributed by atoms with Gasteiger partial charge in [0.05, 0.1) is 11.9 Å². The third-order valence-electron chi connectivity index (χ3n) is 4.52. The third kappa shape index (κ3) is 3.77. The maximum absolute atomic E-state index is 12.0. The molecule has 1 amide bonds. The number of rotatable bonds is 7. The Morgan fingerprint density at radius 3 is 2.50 bits per heavy atom. The monoisotopic (exact) mass is 348 g/mol. The minimum absolute atomic E-state index is 0.359. The number of benzene rings is 2. The summed E-state index contributed by atoms with van der Waals surface area (Å²) in [6, 6.07) is 13.8. The Hall–Kier alpha value is -3.08. The molecule has 26 heavy (non-hydrogen) atoms. The molecule has 0 radical (unpaired) electrons. The summed E-state index contributed by atoms with van der Waals surface area (Å²) >= 11 is 0. The SMILES string of the molecule is CCCCCc1ccc(C(N)=O)c(-c2ccccc2-c2cnc(N)[nH]2)c1. The third-order valence-corrected chi connectivity index (χ3v) is 4.52. The van der Waals surface area contributed by atoms with Crippen molar-refractivity contribution in [2.24, 2.45) is 5.73 Å². The molecule has 0 saturated heterocycles. The van der Waals surface area contributed by atoms with Crippen molar-refractivity contribution in [2.75, 3.05) is 5.73 Å². The molecule has 3 rings (SSSR count). The number of imidazole rings is 1. The molecule has 0 fully saturated rings. The summed E-state index contributed by atoms with van der Waals surface area (Å²) < 4.78 is 0. The lowest BCUT2D eigenvalue weighted by Crippen LogP contribution is -2.13.